The van der Waals surface area contributed by atoms with Crippen LogP contribution in [0, 0.1) is 11.7 Å². The van der Waals surface area contributed by atoms with Gasteiger partial charge in [0, 0.05) is 6.42 Å². The summed E-state index contributed by atoms with van der Waals surface area (Å²) in [5.41, 5.74) is 5.05. The van der Waals surface area contributed by atoms with Crippen molar-refractivity contribution in [1.29, 1.82) is 0 Å². The number of aromatic nitrogens is 2. The number of nitrogens with one attached hydrogen (secondary N) is 1. The molecule has 9 heteroatoms. The van der Waals surface area contributed by atoms with Crippen LogP contribution in [0.4, 0.5) is 15.2 Å². The zero-order valence-electron chi connectivity index (χ0n) is 11.5. The van der Waals surface area contributed by atoms with Crippen LogP contribution in [0.1, 0.15) is 18.9 Å². The minimum absolute atomic E-state index is 0.134. The normalized spacial score (nSPS) is 11.8. The third-order valence-electron chi connectivity index (χ3n) is 2.57. The quantitative estimate of drug-likeness (QED) is 0.819. The number of anilines is 2. The van der Waals surface area contributed by atoms with E-state index in [0.717, 1.165) is 22.4 Å². The molecule has 0 aliphatic heterocycles. The number of nitrogen functional groups attached to an aromatic ring is 1. The predicted octanol–water partition coefficient (Wildman–Crippen LogP) is 2.26. The SMILES string of the molecule is CC(C)Cc1nnc(NS(=O)(=O)c2cccc(F)c2N)s1. The van der Waals surface area contributed by atoms with Gasteiger partial charge >= 0.3 is 0 Å². The zero-order chi connectivity index (χ0) is 15.6. The Hall–Kier alpha value is -1.74. The van der Waals surface area contributed by atoms with Crippen molar-refractivity contribution in [2.45, 2.75) is 25.2 Å². The van der Waals surface area contributed by atoms with Crippen molar-refractivity contribution in [1.82, 2.24) is 10.2 Å². The highest BCUT2D eigenvalue weighted by Gasteiger charge is 2.21. The molecule has 0 amide bonds. The number of nitrogens with zero attached hydrogens (tertiary/aromatic N) is 2. The molecular formula is C12H15FN4O2S2. The number of hydrogen-bond donors (Lipinski definition) is 2. The lowest BCUT2D eigenvalue weighted by atomic mass is 10.1. The molecular weight excluding hydrogens is 315 g/mol. The van der Waals surface area contributed by atoms with E-state index >= 15 is 0 Å². The fourth-order valence-electron chi connectivity index (χ4n) is 1.65. The highest BCUT2D eigenvalue weighted by atomic mass is 32.2. The first-order chi connectivity index (χ1) is 9.79. The van der Waals surface area contributed by atoms with Crippen molar-refractivity contribution in [3.8, 4) is 0 Å². The number of para-hydroxylation sites is 1. The third-order valence-corrected chi connectivity index (χ3v) is 4.96. The molecule has 6 nitrogen and oxygen atoms in total. The lowest BCUT2D eigenvalue weighted by molar-refractivity contribution is 0.597. The zero-order valence-corrected chi connectivity index (χ0v) is 13.1. The average molecular weight is 330 g/mol. The van der Waals surface area contributed by atoms with Gasteiger partial charge in [0.15, 0.2) is 0 Å². The number of halogens is 1. The molecule has 1 aromatic heterocycles. The molecule has 114 valence electrons. The summed E-state index contributed by atoms with van der Waals surface area (Å²) in [5.74, 6) is -0.392. The summed E-state index contributed by atoms with van der Waals surface area (Å²) >= 11 is 1.15. The van der Waals surface area contributed by atoms with Crippen molar-refractivity contribution >= 4 is 32.2 Å². The van der Waals surface area contributed by atoms with Gasteiger partial charge < -0.3 is 5.73 Å². The fourth-order valence-corrected chi connectivity index (χ4v) is 3.97. The van der Waals surface area contributed by atoms with E-state index in [1.54, 1.807) is 0 Å². The van der Waals surface area contributed by atoms with E-state index in [1.165, 1.54) is 12.1 Å². The Morgan fingerprint density at radius 1 is 1.38 bits per heavy atom. The first-order valence-electron chi connectivity index (χ1n) is 6.19. The second-order valence-corrected chi connectivity index (χ2v) is 7.57. The Bertz CT molecular complexity index is 743. The van der Waals surface area contributed by atoms with E-state index < -0.39 is 21.5 Å². The van der Waals surface area contributed by atoms with Crippen LogP contribution < -0.4 is 10.5 Å². The van der Waals surface area contributed by atoms with Gasteiger partial charge in [-0.1, -0.05) is 31.3 Å². The molecule has 3 N–H and O–H groups in total. The first-order valence-corrected chi connectivity index (χ1v) is 8.48. The Balaban J connectivity index is 2.25. The molecule has 1 heterocycles. The van der Waals surface area contributed by atoms with E-state index in [-0.39, 0.29) is 10.0 Å². The smallest absolute Gasteiger partial charge is 0.265 e. The minimum Gasteiger partial charge on any atom is -0.395 e. The fraction of sp³-hybridized carbons (Fsp3) is 0.333. The van der Waals surface area contributed by atoms with Gasteiger partial charge in [0.05, 0.1) is 5.69 Å². The molecule has 0 radical (unpaired) electrons. The number of rotatable bonds is 5. The summed E-state index contributed by atoms with van der Waals surface area (Å²) in [4.78, 5) is -0.317. The summed E-state index contributed by atoms with van der Waals surface area (Å²) in [5, 5.41) is 8.55. The van der Waals surface area contributed by atoms with Crippen molar-refractivity contribution in [3.63, 3.8) is 0 Å². The van der Waals surface area contributed by atoms with Crippen LogP contribution in [0.3, 0.4) is 0 Å². The Morgan fingerprint density at radius 3 is 2.76 bits per heavy atom. The summed E-state index contributed by atoms with van der Waals surface area (Å²) in [6, 6.07) is 3.61. The second-order valence-electron chi connectivity index (χ2n) is 4.86. The van der Waals surface area contributed by atoms with Gasteiger partial charge in [-0.3, -0.25) is 4.72 Å². The van der Waals surface area contributed by atoms with E-state index in [9.17, 15) is 12.8 Å². The lowest BCUT2D eigenvalue weighted by Gasteiger charge is -2.07. The van der Waals surface area contributed by atoms with Gasteiger partial charge in [-0.05, 0) is 18.1 Å². The van der Waals surface area contributed by atoms with E-state index in [4.69, 9.17) is 5.73 Å². The first kappa shape index (κ1) is 15.6. The standard InChI is InChI=1S/C12H15FN4O2S2/c1-7(2)6-10-15-16-12(20-10)17-21(18,19)9-5-3-4-8(13)11(9)14/h3-5,7H,6,14H2,1-2H3,(H,16,17). The van der Waals surface area contributed by atoms with Gasteiger partial charge in [0.25, 0.3) is 10.0 Å². The van der Waals surface area contributed by atoms with Gasteiger partial charge in [-0.25, -0.2) is 12.8 Å². The average Bonchev–Trinajstić information content (AvgIpc) is 2.78. The lowest BCUT2D eigenvalue weighted by Crippen LogP contribution is -2.15. The second kappa shape index (κ2) is 5.94. The summed E-state index contributed by atoms with van der Waals surface area (Å²) < 4.78 is 40.0. The monoisotopic (exact) mass is 330 g/mol. The highest BCUT2D eigenvalue weighted by Crippen LogP contribution is 2.25. The van der Waals surface area contributed by atoms with Crippen LogP contribution in [0.15, 0.2) is 23.1 Å². The van der Waals surface area contributed by atoms with E-state index in [1.807, 2.05) is 13.8 Å². The number of sulfonamides is 1. The molecule has 0 saturated heterocycles. The molecule has 21 heavy (non-hydrogen) atoms. The number of benzene rings is 1. The molecule has 0 bridgehead atoms. The predicted molar refractivity (Wildman–Crippen MR) is 80.1 cm³/mol. The molecule has 0 atom stereocenters. The number of hydrogen-bond acceptors (Lipinski definition) is 6. The van der Waals surface area contributed by atoms with Crippen molar-refractivity contribution in [2.75, 3.05) is 10.5 Å². The molecule has 0 aliphatic carbocycles. The largest absolute Gasteiger partial charge is 0.395 e. The van der Waals surface area contributed by atoms with Gasteiger partial charge in [0.2, 0.25) is 5.13 Å². The topological polar surface area (TPSA) is 98.0 Å². The Kier molecular flexibility index (Phi) is 4.43. The van der Waals surface area contributed by atoms with E-state index in [0.29, 0.717) is 12.3 Å². The molecule has 0 saturated carbocycles. The van der Waals surface area contributed by atoms with Gasteiger partial charge in [-0.15, -0.1) is 10.2 Å². The molecule has 0 spiro atoms. The van der Waals surface area contributed by atoms with Crippen molar-refractivity contribution < 1.29 is 12.8 Å². The molecule has 0 unspecified atom stereocenters. The van der Waals surface area contributed by atoms with Crippen molar-refractivity contribution in [2.24, 2.45) is 5.92 Å². The van der Waals surface area contributed by atoms with Crippen LogP contribution in [0.2, 0.25) is 0 Å². The summed E-state index contributed by atoms with van der Waals surface area (Å²) in [6.45, 7) is 4.05. The molecule has 0 aliphatic rings. The van der Waals surface area contributed by atoms with Crippen LogP contribution in [-0.4, -0.2) is 18.6 Å². The summed E-state index contributed by atoms with van der Waals surface area (Å²) in [7, 11) is -3.99. The van der Waals surface area contributed by atoms with Crippen LogP contribution >= 0.6 is 11.3 Å². The molecule has 2 aromatic rings. The van der Waals surface area contributed by atoms with Gasteiger partial charge in [0.1, 0.15) is 15.7 Å². The molecule has 0 fully saturated rings. The third kappa shape index (κ3) is 3.67. The van der Waals surface area contributed by atoms with Crippen LogP contribution in [-0.2, 0) is 16.4 Å². The highest BCUT2D eigenvalue weighted by molar-refractivity contribution is 7.93. The van der Waals surface area contributed by atoms with Crippen molar-refractivity contribution in [3.05, 3.63) is 29.0 Å². The number of nitrogens with two attached hydrogens (primary N) is 1. The van der Waals surface area contributed by atoms with Gasteiger partial charge in [-0.2, -0.15) is 0 Å². The maximum atomic E-state index is 13.4. The molecule has 2 rings (SSSR count). The maximum Gasteiger partial charge on any atom is 0.265 e. The maximum absolute atomic E-state index is 13.4. The molecule has 1 aromatic carbocycles. The van der Waals surface area contributed by atoms with Crippen LogP contribution in [0.25, 0.3) is 0 Å². The summed E-state index contributed by atoms with van der Waals surface area (Å²) in [6.07, 6.45) is 0.710. The van der Waals surface area contributed by atoms with E-state index in [2.05, 4.69) is 14.9 Å². The minimum atomic E-state index is -3.99. The Morgan fingerprint density at radius 2 is 2.10 bits per heavy atom. The Labute approximate surface area is 126 Å². The van der Waals surface area contributed by atoms with Crippen LogP contribution in [0.5, 0.6) is 0 Å².